The van der Waals surface area contributed by atoms with Crippen LogP contribution in [-0.4, -0.2) is 75.8 Å². The second-order valence-electron chi connectivity index (χ2n) is 10.9. The lowest BCUT2D eigenvalue weighted by Crippen LogP contribution is -2.48. The molecule has 1 aliphatic rings. The Morgan fingerprint density at radius 2 is 1.64 bits per heavy atom. The number of ether oxygens (including phenoxy) is 1. The van der Waals surface area contributed by atoms with Crippen molar-refractivity contribution in [2.24, 2.45) is 0 Å². The fraction of sp³-hybridized carbons (Fsp3) is 0.355. The van der Waals surface area contributed by atoms with Crippen LogP contribution in [0.1, 0.15) is 25.0 Å². The van der Waals surface area contributed by atoms with Crippen LogP contribution >= 0.6 is 11.6 Å². The monoisotopic (exact) mass is 642 g/mol. The average Bonchev–Trinajstić information content (AvgIpc) is 3.40. The predicted molar refractivity (Wildman–Crippen MR) is 173 cm³/mol. The Hall–Kier alpha value is -3.84. The minimum Gasteiger partial charge on any atom is -0.455 e. The van der Waals surface area contributed by atoms with E-state index in [4.69, 9.17) is 16.3 Å². The zero-order chi connectivity index (χ0) is 31.9. The number of anilines is 2. The number of nitrogens with one attached hydrogen (secondary N) is 3. The van der Waals surface area contributed by atoms with Gasteiger partial charge in [-0.3, -0.25) is 19.3 Å². The first-order valence-electron chi connectivity index (χ1n) is 14.3. The van der Waals surface area contributed by atoms with Crippen LogP contribution in [0.25, 0.3) is 0 Å². The molecule has 0 radical (unpaired) electrons. The van der Waals surface area contributed by atoms with E-state index in [0.717, 1.165) is 17.4 Å². The minimum atomic E-state index is -3.61. The van der Waals surface area contributed by atoms with Gasteiger partial charge in [0.05, 0.1) is 30.7 Å². The van der Waals surface area contributed by atoms with Gasteiger partial charge in [0, 0.05) is 44.3 Å². The molecule has 0 aromatic heterocycles. The number of nitrogens with zero attached hydrogens (tertiary/aromatic N) is 3. The van der Waals surface area contributed by atoms with Crippen LogP contribution in [-0.2, 0) is 32.7 Å². The molecule has 2 amide bonds. The van der Waals surface area contributed by atoms with Gasteiger partial charge < -0.3 is 20.3 Å². The van der Waals surface area contributed by atoms with E-state index in [1.54, 1.807) is 59.4 Å². The lowest BCUT2D eigenvalue weighted by atomic mass is 10.1. The molecule has 1 aliphatic heterocycles. The number of carbonyl (C=O) groups is 2. The van der Waals surface area contributed by atoms with Crippen LogP contribution < -0.4 is 25.0 Å². The Morgan fingerprint density at radius 3 is 2.25 bits per heavy atom. The molecule has 3 aromatic rings. The van der Waals surface area contributed by atoms with Gasteiger partial charge >= 0.3 is 0 Å². The van der Waals surface area contributed by atoms with E-state index in [-0.39, 0.29) is 36.6 Å². The predicted octanol–water partition coefficient (Wildman–Crippen LogP) is 3.81. The van der Waals surface area contributed by atoms with E-state index in [2.05, 4.69) is 15.4 Å². The number of hydrazine groups is 1. The Kier molecular flexibility index (Phi) is 11.1. The van der Waals surface area contributed by atoms with Crippen LogP contribution in [0.2, 0.25) is 5.02 Å². The first-order valence-corrected chi connectivity index (χ1v) is 16.5. The topological polar surface area (TPSA) is 123 Å². The maximum Gasteiger partial charge on any atom is 0.256 e. The van der Waals surface area contributed by atoms with Gasteiger partial charge in [0.25, 0.3) is 5.91 Å². The van der Waals surface area contributed by atoms with Crippen molar-refractivity contribution in [3.8, 4) is 11.5 Å². The van der Waals surface area contributed by atoms with Gasteiger partial charge in [-0.15, -0.1) is 0 Å². The molecular formula is C31H39ClN6O5S. The number of hydrogen-bond acceptors (Lipinski definition) is 8. The molecule has 0 fully saturated rings. The average molecular weight is 643 g/mol. The number of halogens is 1. The van der Waals surface area contributed by atoms with E-state index in [1.807, 2.05) is 43.1 Å². The third-order valence-electron chi connectivity index (χ3n) is 6.91. The number of amides is 2. The van der Waals surface area contributed by atoms with Crippen molar-refractivity contribution in [3.05, 3.63) is 82.9 Å². The highest BCUT2D eigenvalue weighted by molar-refractivity contribution is 7.92. The van der Waals surface area contributed by atoms with Gasteiger partial charge in [-0.05, 0) is 53.6 Å². The Labute approximate surface area is 264 Å². The summed E-state index contributed by atoms with van der Waals surface area (Å²) in [6.07, 6.45) is 1.05. The number of hydrogen-bond donors (Lipinski definition) is 3. The molecular weight excluding hydrogens is 604 g/mol. The number of sulfonamides is 1. The molecule has 236 valence electrons. The molecule has 3 N–H and O–H groups in total. The molecule has 3 aromatic carbocycles. The van der Waals surface area contributed by atoms with Crippen LogP contribution in [0.3, 0.4) is 0 Å². The number of likely N-dealkylation sites (N-methyl/N-ethyl adjacent to an activating group) is 1. The maximum absolute atomic E-state index is 13.7. The first kappa shape index (κ1) is 33.1. The first-order chi connectivity index (χ1) is 20.9. The number of carbonyl (C=O) groups excluding carboxylic acids is 2. The van der Waals surface area contributed by atoms with E-state index >= 15 is 0 Å². The summed E-state index contributed by atoms with van der Waals surface area (Å²) in [4.78, 5) is 28.5. The summed E-state index contributed by atoms with van der Waals surface area (Å²) >= 11 is 6.05. The molecule has 44 heavy (non-hydrogen) atoms. The third kappa shape index (κ3) is 9.58. The second kappa shape index (κ2) is 14.8. The van der Waals surface area contributed by atoms with Crippen LogP contribution in [0.5, 0.6) is 11.5 Å². The Bertz CT molecular complexity index is 1540. The summed E-state index contributed by atoms with van der Waals surface area (Å²) < 4.78 is 32.8. The summed E-state index contributed by atoms with van der Waals surface area (Å²) in [6.45, 7) is 5.82. The molecule has 0 spiro atoms. The third-order valence-corrected chi connectivity index (χ3v) is 7.77. The normalized spacial score (nSPS) is 13.0. The summed E-state index contributed by atoms with van der Waals surface area (Å²) in [5.41, 5.74) is 2.91. The van der Waals surface area contributed by atoms with Gasteiger partial charge in [0.1, 0.15) is 5.75 Å². The van der Waals surface area contributed by atoms with Crippen molar-refractivity contribution in [1.82, 2.24) is 20.7 Å². The van der Waals surface area contributed by atoms with Crippen molar-refractivity contribution >= 4 is 44.8 Å². The van der Waals surface area contributed by atoms with Crippen molar-refractivity contribution in [3.63, 3.8) is 0 Å². The van der Waals surface area contributed by atoms with Gasteiger partial charge in [0.15, 0.2) is 5.75 Å². The summed E-state index contributed by atoms with van der Waals surface area (Å²) in [5.74, 6) is 0.232. The van der Waals surface area contributed by atoms with E-state index in [9.17, 15) is 18.0 Å². The molecule has 11 nitrogen and oxygen atoms in total. The molecule has 0 saturated carbocycles. The molecule has 13 heteroatoms. The standard InChI is InChI=1S/C31H39ClN6O5S/c1-22(2)33-15-16-34-30(39)20-37(21-31(40)36(3)38-18-23-7-5-6-8-24(23)19-38)28-17-26(35-44(4,41)42)11-14-29(28)43-27-12-9-25(32)10-13-27/h5-14,17,22,33,35H,15-16,18-21H2,1-4H3,(H,34,39). The zero-order valence-electron chi connectivity index (χ0n) is 25.3. The SMILES string of the molecule is CC(C)NCCNC(=O)CN(CC(=O)N(C)N1Cc2ccccc2C1)c1cc(NS(C)(=O)=O)ccc1Oc1ccc(Cl)cc1. The van der Waals surface area contributed by atoms with Crippen molar-refractivity contribution in [2.45, 2.75) is 33.0 Å². The highest BCUT2D eigenvalue weighted by Gasteiger charge is 2.28. The van der Waals surface area contributed by atoms with E-state index in [1.165, 1.54) is 0 Å². The largest absolute Gasteiger partial charge is 0.455 e. The van der Waals surface area contributed by atoms with Gasteiger partial charge in [-0.2, -0.15) is 0 Å². The molecule has 0 unspecified atom stereocenters. The minimum absolute atomic E-state index is 0.180. The molecule has 0 bridgehead atoms. The fourth-order valence-corrected chi connectivity index (χ4v) is 5.41. The van der Waals surface area contributed by atoms with Crippen LogP contribution in [0.15, 0.2) is 66.7 Å². The second-order valence-corrected chi connectivity index (χ2v) is 13.1. The van der Waals surface area contributed by atoms with Gasteiger partial charge in [-0.1, -0.05) is 49.7 Å². The smallest absolute Gasteiger partial charge is 0.256 e. The Balaban J connectivity index is 1.63. The van der Waals surface area contributed by atoms with Crippen molar-refractivity contribution in [1.29, 1.82) is 0 Å². The van der Waals surface area contributed by atoms with Gasteiger partial charge in [0.2, 0.25) is 15.9 Å². The summed E-state index contributed by atoms with van der Waals surface area (Å²) in [6, 6.07) is 19.7. The fourth-order valence-electron chi connectivity index (χ4n) is 4.73. The summed E-state index contributed by atoms with van der Waals surface area (Å²) in [5, 5.41) is 10.2. The van der Waals surface area contributed by atoms with Crippen LogP contribution in [0, 0.1) is 0 Å². The molecule has 1 heterocycles. The number of rotatable bonds is 14. The number of fused-ring (bicyclic) bond motifs is 1. The number of benzene rings is 3. The van der Waals surface area contributed by atoms with Crippen LogP contribution in [0.4, 0.5) is 11.4 Å². The molecule has 0 aliphatic carbocycles. The molecule has 0 atom stereocenters. The van der Waals surface area contributed by atoms with Crippen molar-refractivity contribution < 1.29 is 22.7 Å². The maximum atomic E-state index is 13.7. The van der Waals surface area contributed by atoms with Crippen molar-refractivity contribution in [2.75, 3.05) is 49.1 Å². The highest BCUT2D eigenvalue weighted by atomic mass is 35.5. The van der Waals surface area contributed by atoms with E-state index in [0.29, 0.717) is 48.4 Å². The molecule has 4 rings (SSSR count). The Morgan fingerprint density at radius 1 is 0.977 bits per heavy atom. The lowest BCUT2D eigenvalue weighted by molar-refractivity contribution is -0.145. The lowest BCUT2D eigenvalue weighted by Gasteiger charge is -2.32. The quantitative estimate of drug-likeness (QED) is 0.227. The molecule has 0 saturated heterocycles. The zero-order valence-corrected chi connectivity index (χ0v) is 26.9. The highest BCUT2D eigenvalue weighted by Crippen LogP contribution is 2.36. The van der Waals surface area contributed by atoms with E-state index < -0.39 is 10.0 Å². The summed E-state index contributed by atoms with van der Waals surface area (Å²) in [7, 11) is -1.90. The van der Waals surface area contributed by atoms with Gasteiger partial charge in [-0.25, -0.2) is 13.4 Å².